The topological polar surface area (TPSA) is 30.5 Å². The minimum Gasteiger partial charge on any atom is -0.384 e. The standard InChI is InChI=1S/C12H18ClNO2/c1-15-9-10-16-8-4-7-14-12-6-3-2-5-11(12)13/h2-3,5-6,14H,4,7-10H2,1H3. The van der Waals surface area contributed by atoms with E-state index in [4.69, 9.17) is 21.1 Å². The van der Waals surface area contributed by atoms with Crippen LogP contribution in [0, 0.1) is 0 Å². The van der Waals surface area contributed by atoms with Gasteiger partial charge < -0.3 is 14.8 Å². The smallest absolute Gasteiger partial charge is 0.0700 e. The summed E-state index contributed by atoms with van der Waals surface area (Å²) in [4.78, 5) is 0. The lowest BCUT2D eigenvalue weighted by Crippen LogP contribution is -2.08. The predicted molar refractivity (Wildman–Crippen MR) is 67.3 cm³/mol. The van der Waals surface area contributed by atoms with Crippen LogP contribution in [0.4, 0.5) is 5.69 Å². The van der Waals surface area contributed by atoms with Gasteiger partial charge in [0.2, 0.25) is 0 Å². The van der Waals surface area contributed by atoms with E-state index in [1.807, 2.05) is 24.3 Å². The summed E-state index contributed by atoms with van der Waals surface area (Å²) in [6, 6.07) is 7.72. The molecule has 16 heavy (non-hydrogen) atoms. The van der Waals surface area contributed by atoms with Gasteiger partial charge in [0.25, 0.3) is 0 Å². The molecule has 0 fully saturated rings. The number of hydrogen-bond donors (Lipinski definition) is 1. The maximum absolute atomic E-state index is 6.00. The third kappa shape index (κ3) is 5.35. The molecule has 0 atom stereocenters. The Morgan fingerprint density at radius 3 is 2.75 bits per heavy atom. The van der Waals surface area contributed by atoms with Gasteiger partial charge in [0, 0.05) is 20.3 Å². The zero-order valence-corrected chi connectivity index (χ0v) is 10.3. The number of nitrogens with one attached hydrogen (secondary N) is 1. The first-order valence-electron chi connectivity index (χ1n) is 5.39. The first-order valence-corrected chi connectivity index (χ1v) is 5.77. The molecule has 1 aromatic carbocycles. The Morgan fingerprint density at radius 2 is 2.00 bits per heavy atom. The Labute approximate surface area is 102 Å². The van der Waals surface area contributed by atoms with E-state index in [1.165, 1.54) is 0 Å². The van der Waals surface area contributed by atoms with Crippen LogP contribution in [0.25, 0.3) is 0 Å². The van der Waals surface area contributed by atoms with Crippen LogP contribution in [0.1, 0.15) is 6.42 Å². The maximum Gasteiger partial charge on any atom is 0.0700 e. The number of halogens is 1. The summed E-state index contributed by atoms with van der Waals surface area (Å²) in [5.41, 5.74) is 0.973. The van der Waals surface area contributed by atoms with E-state index in [1.54, 1.807) is 7.11 Å². The minimum atomic E-state index is 0.651. The van der Waals surface area contributed by atoms with Crippen molar-refractivity contribution in [3.05, 3.63) is 29.3 Å². The first-order chi connectivity index (χ1) is 7.84. The second-order valence-electron chi connectivity index (χ2n) is 3.37. The van der Waals surface area contributed by atoms with Crippen molar-refractivity contribution in [3.8, 4) is 0 Å². The molecular weight excluding hydrogens is 226 g/mol. The number of rotatable bonds is 8. The molecule has 0 saturated carbocycles. The highest BCUT2D eigenvalue weighted by Gasteiger charge is 1.96. The van der Waals surface area contributed by atoms with Gasteiger partial charge in [-0.1, -0.05) is 23.7 Å². The molecule has 1 N–H and O–H groups in total. The number of methoxy groups -OCH3 is 1. The Morgan fingerprint density at radius 1 is 1.19 bits per heavy atom. The third-order valence-electron chi connectivity index (χ3n) is 2.09. The van der Waals surface area contributed by atoms with Crippen molar-refractivity contribution in [3.63, 3.8) is 0 Å². The van der Waals surface area contributed by atoms with E-state index >= 15 is 0 Å². The third-order valence-corrected chi connectivity index (χ3v) is 2.42. The van der Waals surface area contributed by atoms with Crippen LogP contribution < -0.4 is 5.32 Å². The lowest BCUT2D eigenvalue weighted by atomic mass is 10.3. The van der Waals surface area contributed by atoms with Crippen LogP contribution in [0.5, 0.6) is 0 Å². The second-order valence-corrected chi connectivity index (χ2v) is 3.77. The lowest BCUT2D eigenvalue weighted by Gasteiger charge is -2.08. The van der Waals surface area contributed by atoms with Crippen molar-refractivity contribution in [2.45, 2.75) is 6.42 Å². The summed E-state index contributed by atoms with van der Waals surface area (Å²) >= 11 is 6.00. The number of anilines is 1. The molecule has 0 aliphatic heterocycles. The minimum absolute atomic E-state index is 0.651. The van der Waals surface area contributed by atoms with Crippen molar-refractivity contribution in [1.82, 2.24) is 0 Å². The summed E-state index contributed by atoms with van der Waals surface area (Å²) in [6.07, 6.45) is 0.953. The van der Waals surface area contributed by atoms with E-state index in [-0.39, 0.29) is 0 Å². The van der Waals surface area contributed by atoms with Crippen molar-refractivity contribution in [2.75, 3.05) is 38.8 Å². The fourth-order valence-corrected chi connectivity index (χ4v) is 1.45. The van der Waals surface area contributed by atoms with Crippen LogP contribution >= 0.6 is 11.6 Å². The van der Waals surface area contributed by atoms with Gasteiger partial charge in [-0.3, -0.25) is 0 Å². The van der Waals surface area contributed by atoms with Gasteiger partial charge in [-0.2, -0.15) is 0 Å². The van der Waals surface area contributed by atoms with Gasteiger partial charge in [-0.05, 0) is 18.6 Å². The van der Waals surface area contributed by atoms with Gasteiger partial charge in [0.15, 0.2) is 0 Å². The lowest BCUT2D eigenvalue weighted by molar-refractivity contribution is 0.0705. The first kappa shape index (κ1) is 13.3. The molecule has 0 aliphatic carbocycles. The molecule has 0 saturated heterocycles. The Kier molecular flexibility index (Phi) is 6.97. The summed E-state index contributed by atoms with van der Waals surface area (Å²) < 4.78 is 10.2. The van der Waals surface area contributed by atoms with Crippen LogP contribution in [0.2, 0.25) is 5.02 Å². The predicted octanol–water partition coefficient (Wildman–Crippen LogP) is 2.81. The number of benzene rings is 1. The fraction of sp³-hybridized carbons (Fsp3) is 0.500. The van der Waals surface area contributed by atoms with Gasteiger partial charge in [0.1, 0.15) is 0 Å². The molecule has 0 spiro atoms. The molecule has 0 bridgehead atoms. The molecule has 1 aromatic rings. The molecule has 0 radical (unpaired) electrons. The summed E-state index contributed by atoms with van der Waals surface area (Å²) in [7, 11) is 1.67. The van der Waals surface area contributed by atoms with E-state index in [9.17, 15) is 0 Å². The van der Waals surface area contributed by atoms with Crippen LogP contribution in [0.15, 0.2) is 24.3 Å². The van der Waals surface area contributed by atoms with Crippen molar-refractivity contribution >= 4 is 17.3 Å². The normalized spacial score (nSPS) is 10.4. The number of para-hydroxylation sites is 1. The monoisotopic (exact) mass is 243 g/mol. The van der Waals surface area contributed by atoms with E-state index in [0.29, 0.717) is 13.2 Å². The van der Waals surface area contributed by atoms with Crippen molar-refractivity contribution in [1.29, 1.82) is 0 Å². The molecule has 4 heteroatoms. The molecule has 1 rings (SSSR count). The molecule has 0 amide bonds. The highest BCUT2D eigenvalue weighted by Crippen LogP contribution is 2.19. The molecule has 0 unspecified atom stereocenters. The van der Waals surface area contributed by atoms with E-state index < -0.39 is 0 Å². The Bertz CT molecular complexity index is 294. The maximum atomic E-state index is 6.00. The van der Waals surface area contributed by atoms with Crippen molar-refractivity contribution < 1.29 is 9.47 Å². The molecule has 90 valence electrons. The molecular formula is C12H18ClNO2. The largest absolute Gasteiger partial charge is 0.384 e. The average Bonchev–Trinajstić information content (AvgIpc) is 2.30. The van der Waals surface area contributed by atoms with Gasteiger partial charge in [-0.15, -0.1) is 0 Å². The zero-order valence-electron chi connectivity index (χ0n) is 9.54. The number of hydrogen-bond acceptors (Lipinski definition) is 3. The van der Waals surface area contributed by atoms with Crippen molar-refractivity contribution in [2.24, 2.45) is 0 Å². The Balaban J connectivity index is 2.05. The molecule has 0 aliphatic rings. The zero-order chi connectivity index (χ0) is 11.6. The fourth-order valence-electron chi connectivity index (χ4n) is 1.25. The second kappa shape index (κ2) is 8.39. The van der Waals surface area contributed by atoms with Gasteiger partial charge >= 0.3 is 0 Å². The molecule has 0 aromatic heterocycles. The summed E-state index contributed by atoms with van der Waals surface area (Å²) in [5.74, 6) is 0. The SMILES string of the molecule is COCCOCCCNc1ccccc1Cl. The Hall–Kier alpha value is -0.770. The van der Waals surface area contributed by atoms with Gasteiger partial charge in [0.05, 0.1) is 23.9 Å². The number of ether oxygens (including phenoxy) is 2. The summed E-state index contributed by atoms with van der Waals surface area (Å²) in [6.45, 7) is 2.90. The van der Waals surface area contributed by atoms with Crippen LogP contribution in [0.3, 0.4) is 0 Å². The highest BCUT2D eigenvalue weighted by atomic mass is 35.5. The van der Waals surface area contributed by atoms with Crippen LogP contribution in [-0.4, -0.2) is 33.5 Å². The molecule has 3 nitrogen and oxygen atoms in total. The van der Waals surface area contributed by atoms with E-state index in [2.05, 4.69) is 5.32 Å². The summed E-state index contributed by atoms with van der Waals surface area (Å²) in [5, 5.41) is 4.01. The van der Waals surface area contributed by atoms with Crippen LogP contribution in [-0.2, 0) is 9.47 Å². The highest BCUT2D eigenvalue weighted by molar-refractivity contribution is 6.33. The van der Waals surface area contributed by atoms with E-state index in [0.717, 1.165) is 30.3 Å². The molecule has 0 heterocycles. The van der Waals surface area contributed by atoms with Gasteiger partial charge in [-0.25, -0.2) is 0 Å². The quantitative estimate of drug-likeness (QED) is 0.713. The average molecular weight is 244 g/mol.